The van der Waals surface area contributed by atoms with Crippen molar-refractivity contribution in [3.63, 3.8) is 0 Å². The third-order valence-electron chi connectivity index (χ3n) is 3.93. The van der Waals surface area contributed by atoms with Gasteiger partial charge in [0.15, 0.2) is 6.10 Å². The van der Waals surface area contributed by atoms with Crippen LogP contribution >= 0.6 is 23.2 Å². The summed E-state index contributed by atoms with van der Waals surface area (Å²) in [6.07, 6.45) is 0.00462. The summed E-state index contributed by atoms with van der Waals surface area (Å²) in [6, 6.07) is 12.5. The fourth-order valence-corrected chi connectivity index (χ4v) is 3.15. The van der Waals surface area contributed by atoms with Gasteiger partial charge in [-0.2, -0.15) is 0 Å². The van der Waals surface area contributed by atoms with Gasteiger partial charge < -0.3 is 15.4 Å². The van der Waals surface area contributed by atoms with Crippen LogP contribution in [0.15, 0.2) is 42.5 Å². The van der Waals surface area contributed by atoms with Gasteiger partial charge in [-0.15, -0.1) is 5.28 Å². The van der Waals surface area contributed by atoms with Crippen LogP contribution < -0.4 is 10.6 Å². The van der Waals surface area contributed by atoms with Crippen molar-refractivity contribution in [2.75, 3.05) is 11.9 Å². The summed E-state index contributed by atoms with van der Waals surface area (Å²) >= 11 is 15.0. The Balaban J connectivity index is 2.02. The van der Waals surface area contributed by atoms with E-state index in [0.717, 1.165) is 11.7 Å². The van der Waals surface area contributed by atoms with Gasteiger partial charge in [0.05, 0.1) is 22.2 Å². The summed E-state index contributed by atoms with van der Waals surface area (Å²) in [5, 5.41) is 7.75. The highest BCUT2D eigenvalue weighted by Crippen LogP contribution is 2.33. The number of para-hydroxylation sites is 2. The molecule has 0 aliphatic rings. The van der Waals surface area contributed by atoms with E-state index >= 15 is 0 Å². The molecule has 1 amide bonds. The molecule has 1 unspecified atom stereocenters. The highest BCUT2D eigenvalue weighted by Gasteiger charge is 2.18. The molecule has 146 valence electrons. The number of hydrogen-bond acceptors (Lipinski definition) is 4. The smallest absolute Gasteiger partial charge is 0.311 e. The van der Waals surface area contributed by atoms with Gasteiger partial charge >= 0.3 is 5.97 Å². The average molecular weight is 435 g/mol. The Morgan fingerprint density at radius 2 is 1.79 bits per heavy atom. The monoisotopic (exact) mass is 434 g/mol. The zero-order valence-electron chi connectivity index (χ0n) is 15.5. The van der Waals surface area contributed by atoms with Crippen LogP contribution in [0.4, 0.5) is 11.4 Å². The number of nitrogens with one attached hydrogen (secondary N) is 2. The Hall–Kier alpha value is -1.71. The summed E-state index contributed by atoms with van der Waals surface area (Å²) in [5.41, 5.74) is 1.96. The molecule has 0 saturated carbocycles. The molecule has 28 heavy (non-hydrogen) atoms. The first-order valence-electron chi connectivity index (χ1n) is 8.88. The number of halogens is 2. The normalized spacial score (nSPS) is 11.5. The predicted molar refractivity (Wildman–Crippen MR) is 114 cm³/mol. The van der Waals surface area contributed by atoms with Gasteiger partial charge in [0.2, 0.25) is 0 Å². The van der Waals surface area contributed by atoms with E-state index in [0.29, 0.717) is 33.5 Å². The standard InChI is InChI=1S/C20H21Cl2N2O3.Al/c1-3-11-23-20(26)13(2)27-18(25)12-14-7-4-5-10-17(14)24-19-15(21)8-6-9-16(19)22;/h4-10,13,24H,1,3,11-12H2,2H3,(H,23,26);. The van der Waals surface area contributed by atoms with Crippen molar-refractivity contribution >= 4 is 62.7 Å². The molecule has 2 radical (unpaired) electrons. The maximum absolute atomic E-state index is 12.3. The molecule has 0 saturated heterocycles. The number of carbonyl (C=O) groups is 2. The Morgan fingerprint density at radius 3 is 2.46 bits per heavy atom. The molecule has 5 nitrogen and oxygen atoms in total. The number of anilines is 2. The molecule has 2 aromatic rings. The van der Waals surface area contributed by atoms with Crippen LogP contribution in [0, 0.1) is 0 Å². The van der Waals surface area contributed by atoms with Crippen molar-refractivity contribution in [1.29, 1.82) is 0 Å². The van der Waals surface area contributed by atoms with Crippen molar-refractivity contribution in [1.82, 2.24) is 5.32 Å². The Morgan fingerprint density at radius 1 is 1.11 bits per heavy atom. The van der Waals surface area contributed by atoms with Crippen LogP contribution in [-0.4, -0.2) is 40.8 Å². The molecular formula is C20H21AlCl2N2O3. The SMILES string of the molecule is CC(OC(=O)Cc1ccccc1Nc1c(Cl)cccc1Cl)C(=O)NCC[CH2][Al]. The molecule has 0 aliphatic heterocycles. The maximum Gasteiger partial charge on any atom is 0.311 e. The second-order valence-corrected chi connectivity index (χ2v) is 7.51. The predicted octanol–water partition coefficient (Wildman–Crippen LogP) is 4.30. The number of rotatable bonds is 9. The van der Waals surface area contributed by atoms with Gasteiger partial charge in [-0.25, -0.2) is 0 Å². The van der Waals surface area contributed by atoms with Gasteiger partial charge in [0, 0.05) is 12.2 Å². The third kappa shape index (κ3) is 6.72. The second-order valence-electron chi connectivity index (χ2n) is 6.12. The molecule has 0 aromatic heterocycles. The Kier molecular flexibility index (Phi) is 9.14. The first kappa shape index (κ1) is 22.6. The van der Waals surface area contributed by atoms with E-state index in [9.17, 15) is 9.59 Å². The summed E-state index contributed by atoms with van der Waals surface area (Å²) in [6.45, 7) is 2.11. The van der Waals surface area contributed by atoms with E-state index in [4.69, 9.17) is 27.9 Å². The highest BCUT2D eigenvalue weighted by molar-refractivity contribution is 6.39. The minimum atomic E-state index is -0.852. The minimum absolute atomic E-state index is 0.00840. The fraction of sp³-hybridized carbons (Fsp3) is 0.300. The van der Waals surface area contributed by atoms with Crippen molar-refractivity contribution in [3.05, 3.63) is 58.1 Å². The van der Waals surface area contributed by atoms with Gasteiger partial charge in [0.1, 0.15) is 16.3 Å². The Labute approximate surface area is 183 Å². The topological polar surface area (TPSA) is 67.4 Å². The summed E-state index contributed by atoms with van der Waals surface area (Å²) in [4.78, 5) is 24.3. The van der Waals surface area contributed by atoms with E-state index in [1.165, 1.54) is 0 Å². The van der Waals surface area contributed by atoms with Crippen molar-refractivity contribution in [2.45, 2.75) is 31.2 Å². The lowest BCUT2D eigenvalue weighted by atomic mass is 10.1. The zero-order chi connectivity index (χ0) is 20.5. The first-order chi connectivity index (χ1) is 13.4. The van der Waals surface area contributed by atoms with Crippen molar-refractivity contribution < 1.29 is 14.3 Å². The molecule has 0 heterocycles. The van der Waals surface area contributed by atoms with Gasteiger partial charge in [-0.1, -0.05) is 47.5 Å². The molecule has 2 aromatic carbocycles. The number of ether oxygens (including phenoxy) is 1. The van der Waals surface area contributed by atoms with Crippen LogP contribution in [0.1, 0.15) is 18.9 Å². The summed E-state index contributed by atoms with van der Waals surface area (Å²) < 4.78 is 5.26. The zero-order valence-corrected chi connectivity index (χ0v) is 18.2. The lowest BCUT2D eigenvalue weighted by Gasteiger charge is -2.16. The molecule has 2 N–H and O–H groups in total. The average Bonchev–Trinajstić information content (AvgIpc) is 2.66. The largest absolute Gasteiger partial charge is 0.452 e. The van der Waals surface area contributed by atoms with Crippen molar-refractivity contribution in [3.8, 4) is 0 Å². The molecule has 0 fully saturated rings. The summed E-state index contributed by atoms with van der Waals surface area (Å²) in [5.74, 6) is -0.797. The van der Waals surface area contributed by atoms with E-state index < -0.39 is 12.1 Å². The van der Waals surface area contributed by atoms with Crippen LogP contribution in [0.2, 0.25) is 15.3 Å². The first-order valence-corrected chi connectivity index (χ1v) is 10.5. The Bertz CT molecular complexity index is 813. The quantitative estimate of drug-likeness (QED) is 0.350. The third-order valence-corrected chi connectivity index (χ3v) is 4.97. The molecular weight excluding hydrogens is 414 g/mol. The molecule has 1 atom stereocenters. The fourth-order valence-electron chi connectivity index (χ4n) is 2.45. The van der Waals surface area contributed by atoms with E-state index in [2.05, 4.69) is 26.9 Å². The number of hydrogen-bond donors (Lipinski definition) is 2. The van der Waals surface area contributed by atoms with E-state index in [1.807, 2.05) is 18.2 Å². The lowest BCUT2D eigenvalue weighted by molar-refractivity contribution is -0.154. The maximum atomic E-state index is 12.3. The number of benzene rings is 2. The van der Waals surface area contributed by atoms with E-state index in [1.54, 1.807) is 31.2 Å². The number of amides is 1. The number of esters is 1. The number of carbonyl (C=O) groups excluding carboxylic acids is 2. The summed E-state index contributed by atoms with van der Waals surface area (Å²) in [7, 11) is 0. The molecule has 0 bridgehead atoms. The van der Waals surface area contributed by atoms with Crippen LogP contribution in [-0.2, 0) is 20.7 Å². The van der Waals surface area contributed by atoms with Crippen molar-refractivity contribution in [2.24, 2.45) is 0 Å². The highest BCUT2D eigenvalue weighted by atomic mass is 35.5. The van der Waals surface area contributed by atoms with Gasteiger partial charge in [-0.05, 0) is 37.1 Å². The molecule has 0 aliphatic carbocycles. The second kappa shape index (κ2) is 11.3. The molecule has 0 spiro atoms. The van der Waals surface area contributed by atoms with E-state index in [-0.39, 0.29) is 12.3 Å². The van der Waals surface area contributed by atoms with Gasteiger partial charge in [-0.3, -0.25) is 9.59 Å². The van der Waals surface area contributed by atoms with Crippen LogP contribution in [0.3, 0.4) is 0 Å². The molecule has 8 heteroatoms. The van der Waals surface area contributed by atoms with Crippen LogP contribution in [0.5, 0.6) is 0 Å². The van der Waals surface area contributed by atoms with Gasteiger partial charge in [0.25, 0.3) is 5.91 Å². The van der Waals surface area contributed by atoms with Crippen LogP contribution in [0.25, 0.3) is 0 Å². The lowest BCUT2D eigenvalue weighted by Crippen LogP contribution is -2.36. The molecule has 2 rings (SSSR count). The minimum Gasteiger partial charge on any atom is -0.452 e.